The number of halogens is 1. The molecule has 3 atom stereocenters. The lowest BCUT2D eigenvalue weighted by Gasteiger charge is -2.18. The van der Waals surface area contributed by atoms with Crippen LogP contribution in [0.1, 0.15) is 24.8 Å². The molecule has 1 aromatic carbocycles. The van der Waals surface area contributed by atoms with E-state index in [9.17, 15) is 4.79 Å². The number of benzene rings is 1. The lowest BCUT2D eigenvalue weighted by atomic mass is 9.89. The van der Waals surface area contributed by atoms with Crippen LogP contribution in [0.2, 0.25) is 0 Å². The molecule has 1 aromatic rings. The van der Waals surface area contributed by atoms with Crippen LogP contribution in [0, 0.1) is 5.92 Å². The Morgan fingerprint density at radius 3 is 2.72 bits per heavy atom. The summed E-state index contributed by atoms with van der Waals surface area (Å²) < 4.78 is 6.45. The Morgan fingerprint density at radius 2 is 2.11 bits per heavy atom. The number of nitrogens with one attached hydrogen (secondary N) is 1. The number of rotatable bonds is 3. The van der Waals surface area contributed by atoms with Gasteiger partial charge in [0.15, 0.2) is 0 Å². The highest BCUT2D eigenvalue weighted by Crippen LogP contribution is 2.34. The molecule has 4 heteroatoms. The molecule has 3 rings (SSSR count). The normalized spacial score (nSPS) is 29.5. The Morgan fingerprint density at radius 1 is 1.33 bits per heavy atom. The van der Waals surface area contributed by atoms with Gasteiger partial charge in [0.25, 0.3) is 0 Å². The Bertz CT molecular complexity index is 446. The fourth-order valence-electron chi connectivity index (χ4n) is 2.93. The van der Waals surface area contributed by atoms with Crippen molar-refractivity contribution in [2.75, 3.05) is 0 Å². The van der Waals surface area contributed by atoms with Crippen molar-refractivity contribution in [3.05, 3.63) is 34.3 Å². The van der Waals surface area contributed by atoms with Gasteiger partial charge in [0.05, 0.1) is 5.92 Å². The van der Waals surface area contributed by atoms with Gasteiger partial charge in [-0.15, -0.1) is 0 Å². The molecule has 2 saturated heterocycles. The molecular formula is C14H16BrNO2. The second-order valence-electron chi connectivity index (χ2n) is 5.12. The van der Waals surface area contributed by atoms with Gasteiger partial charge in [-0.3, -0.25) is 4.79 Å². The van der Waals surface area contributed by atoms with E-state index in [0.717, 1.165) is 22.9 Å². The largest absolute Gasteiger partial charge is 0.461 e. The van der Waals surface area contributed by atoms with E-state index in [1.165, 1.54) is 6.42 Å². The van der Waals surface area contributed by atoms with Gasteiger partial charge < -0.3 is 10.1 Å². The first-order valence-electron chi connectivity index (χ1n) is 6.39. The van der Waals surface area contributed by atoms with Crippen LogP contribution in [-0.4, -0.2) is 18.1 Å². The molecule has 0 saturated carbocycles. The molecule has 0 aromatic heterocycles. The third kappa shape index (κ3) is 2.45. The first-order valence-corrected chi connectivity index (χ1v) is 7.19. The smallest absolute Gasteiger partial charge is 0.310 e. The Hall–Kier alpha value is -0.870. The van der Waals surface area contributed by atoms with Gasteiger partial charge >= 0.3 is 5.97 Å². The van der Waals surface area contributed by atoms with E-state index in [-0.39, 0.29) is 11.9 Å². The number of carbonyl (C=O) groups is 1. The highest BCUT2D eigenvalue weighted by molar-refractivity contribution is 9.10. The minimum Gasteiger partial charge on any atom is -0.461 e. The quantitative estimate of drug-likeness (QED) is 0.872. The molecule has 2 heterocycles. The summed E-state index contributed by atoms with van der Waals surface area (Å²) in [5, 5.41) is 3.46. The van der Waals surface area contributed by atoms with Crippen molar-refractivity contribution in [3.8, 4) is 0 Å². The average molecular weight is 310 g/mol. The van der Waals surface area contributed by atoms with Crippen molar-refractivity contribution in [1.82, 2.24) is 5.32 Å². The molecular weight excluding hydrogens is 294 g/mol. The minimum atomic E-state index is -0.0439. The van der Waals surface area contributed by atoms with Gasteiger partial charge in [-0.2, -0.15) is 0 Å². The van der Waals surface area contributed by atoms with Crippen molar-refractivity contribution < 1.29 is 9.53 Å². The first kappa shape index (κ1) is 12.2. The standard InChI is InChI=1S/C14H16BrNO2/c15-10-3-1-9(2-4-10)8-18-14(17)12-7-11-5-6-13(12)16-11/h1-4,11-13,16H,5-8H2. The number of ether oxygens (including phenoxy) is 1. The van der Waals surface area contributed by atoms with Gasteiger partial charge in [-0.05, 0) is 37.0 Å². The molecule has 0 spiro atoms. The highest BCUT2D eigenvalue weighted by atomic mass is 79.9. The lowest BCUT2D eigenvalue weighted by Crippen LogP contribution is -2.30. The molecule has 3 nitrogen and oxygen atoms in total. The number of fused-ring (bicyclic) bond motifs is 2. The van der Waals surface area contributed by atoms with Crippen LogP contribution < -0.4 is 5.32 Å². The van der Waals surface area contributed by atoms with Crippen LogP contribution in [-0.2, 0) is 16.1 Å². The Balaban J connectivity index is 1.54. The van der Waals surface area contributed by atoms with Gasteiger partial charge in [0.1, 0.15) is 6.61 Å². The average Bonchev–Trinajstić information content (AvgIpc) is 3.00. The van der Waals surface area contributed by atoms with Crippen molar-refractivity contribution in [2.24, 2.45) is 5.92 Å². The summed E-state index contributed by atoms with van der Waals surface area (Å²) in [5.41, 5.74) is 1.03. The van der Waals surface area contributed by atoms with Crippen LogP contribution in [0.3, 0.4) is 0 Å². The van der Waals surface area contributed by atoms with Crippen LogP contribution in [0.5, 0.6) is 0 Å². The molecule has 96 valence electrons. The summed E-state index contributed by atoms with van der Waals surface area (Å²) >= 11 is 3.39. The molecule has 0 aliphatic carbocycles. The molecule has 2 fully saturated rings. The predicted octanol–water partition coefficient (Wildman–Crippen LogP) is 2.63. The maximum atomic E-state index is 12.0. The minimum absolute atomic E-state index is 0.0439. The van der Waals surface area contributed by atoms with Gasteiger partial charge in [0, 0.05) is 16.6 Å². The van der Waals surface area contributed by atoms with Crippen molar-refractivity contribution in [2.45, 2.75) is 38.0 Å². The summed E-state index contributed by atoms with van der Waals surface area (Å²) in [5.74, 6) is 0.0248. The third-order valence-electron chi connectivity index (χ3n) is 3.90. The monoisotopic (exact) mass is 309 g/mol. The Labute approximate surface area is 115 Å². The predicted molar refractivity (Wildman–Crippen MR) is 72.0 cm³/mol. The zero-order chi connectivity index (χ0) is 12.5. The number of carbonyl (C=O) groups excluding carboxylic acids is 1. The van der Waals surface area contributed by atoms with Crippen LogP contribution in [0.15, 0.2) is 28.7 Å². The van der Waals surface area contributed by atoms with E-state index in [1.54, 1.807) is 0 Å². The first-order chi connectivity index (χ1) is 8.72. The molecule has 1 N–H and O–H groups in total. The zero-order valence-electron chi connectivity index (χ0n) is 10.1. The van der Waals surface area contributed by atoms with Crippen molar-refractivity contribution in [1.29, 1.82) is 0 Å². The van der Waals surface area contributed by atoms with E-state index in [1.807, 2.05) is 24.3 Å². The maximum absolute atomic E-state index is 12.0. The molecule has 3 unspecified atom stereocenters. The molecule has 0 radical (unpaired) electrons. The molecule has 0 amide bonds. The Kier molecular flexibility index (Phi) is 3.39. The highest BCUT2D eigenvalue weighted by Gasteiger charge is 2.43. The van der Waals surface area contributed by atoms with E-state index < -0.39 is 0 Å². The summed E-state index contributed by atoms with van der Waals surface area (Å²) in [6, 6.07) is 8.75. The van der Waals surface area contributed by atoms with Gasteiger partial charge in [-0.1, -0.05) is 28.1 Å². The lowest BCUT2D eigenvalue weighted by molar-refractivity contribution is -0.150. The fourth-order valence-corrected chi connectivity index (χ4v) is 3.19. The van der Waals surface area contributed by atoms with E-state index in [2.05, 4.69) is 21.2 Å². The van der Waals surface area contributed by atoms with Crippen molar-refractivity contribution >= 4 is 21.9 Å². The summed E-state index contributed by atoms with van der Waals surface area (Å²) in [6.45, 7) is 0.375. The van der Waals surface area contributed by atoms with E-state index >= 15 is 0 Å². The van der Waals surface area contributed by atoms with Gasteiger partial charge in [-0.25, -0.2) is 0 Å². The number of hydrogen-bond donors (Lipinski definition) is 1. The zero-order valence-corrected chi connectivity index (χ0v) is 11.7. The van der Waals surface area contributed by atoms with E-state index in [0.29, 0.717) is 18.7 Å². The maximum Gasteiger partial charge on any atom is 0.310 e. The third-order valence-corrected chi connectivity index (χ3v) is 4.43. The van der Waals surface area contributed by atoms with Crippen LogP contribution in [0.25, 0.3) is 0 Å². The topological polar surface area (TPSA) is 38.3 Å². The second-order valence-corrected chi connectivity index (χ2v) is 6.04. The number of hydrogen-bond acceptors (Lipinski definition) is 3. The van der Waals surface area contributed by atoms with E-state index in [4.69, 9.17) is 4.74 Å². The summed E-state index contributed by atoms with van der Waals surface area (Å²) in [4.78, 5) is 12.0. The van der Waals surface area contributed by atoms with Crippen LogP contribution >= 0.6 is 15.9 Å². The fraction of sp³-hybridized carbons (Fsp3) is 0.500. The SMILES string of the molecule is O=C(OCc1ccc(Br)cc1)C1CC2CCC1N2. The summed E-state index contributed by atoms with van der Waals surface area (Å²) in [7, 11) is 0. The molecule has 2 bridgehead atoms. The second kappa shape index (κ2) is 5.02. The molecule has 2 aliphatic rings. The summed E-state index contributed by atoms with van der Waals surface area (Å²) in [6.07, 6.45) is 3.27. The van der Waals surface area contributed by atoms with Crippen molar-refractivity contribution in [3.63, 3.8) is 0 Å². The molecule has 18 heavy (non-hydrogen) atoms. The number of esters is 1. The molecule has 2 aliphatic heterocycles. The van der Waals surface area contributed by atoms with Crippen LogP contribution in [0.4, 0.5) is 0 Å². The van der Waals surface area contributed by atoms with Gasteiger partial charge in [0.2, 0.25) is 0 Å².